The van der Waals surface area contributed by atoms with Crippen LogP contribution >= 0.6 is 0 Å². The lowest BCUT2D eigenvalue weighted by Crippen LogP contribution is -2.41. The van der Waals surface area contributed by atoms with E-state index >= 15 is 0 Å². The molecule has 0 radical (unpaired) electrons. The first kappa shape index (κ1) is 11.4. The summed E-state index contributed by atoms with van der Waals surface area (Å²) in [6.45, 7) is 3.91. The van der Waals surface area contributed by atoms with E-state index in [2.05, 4.69) is 32.6 Å². The second-order valence-electron chi connectivity index (χ2n) is 4.14. The Morgan fingerprint density at radius 1 is 1.05 bits per heavy atom. The number of nitrogens with one attached hydrogen (secondary N) is 2. The van der Waals surface area contributed by atoms with E-state index in [0.29, 0.717) is 0 Å². The Hall–Kier alpha value is -2.69. The zero-order valence-electron chi connectivity index (χ0n) is 10.5. The Labute approximate surface area is 110 Å². The van der Waals surface area contributed by atoms with E-state index in [-0.39, 0.29) is 0 Å². The zero-order chi connectivity index (χ0) is 13.2. The number of nitrogens with zero attached hydrogens (tertiary/aromatic N) is 3. The van der Waals surface area contributed by atoms with Gasteiger partial charge in [0.2, 0.25) is 0 Å². The largest absolute Gasteiger partial charge is 0.308 e. The number of aliphatic imine (C=N–C) groups is 1. The number of fused-ring (bicyclic) bond motifs is 3. The summed E-state index contributed by atoms with van der Waals surface area (Å²) in [5, 5.41) is 12.2. The zero-order valence-corrected chi connectivity index (χ0v) is 10.5. The summed E-state index contributed by atoms with van der Waals surface area (Å²) >= 11 is 0. The molecule has 1 aromatic carbocycles. The molecule has 0 bridgehead atoms. The fraction of sp³-hybridized carbons (Fsp3) is 0.0714. The standard InChI is InChI=1S/C14H13N5/c1-3-9-10(4-15-2)12-6-17-19-8-14(12)13-7-18-16-5-11(9)13/h3-8,16,18H,1H2,2H3/b15-4-. The Morgan fingerprint density at radius 3 is 2.42 bits per heavy atom. The molecular formula is C14H13N5. The first-order valence-electron chi connectivity index (χ1n) is 5.89. The fourth-order valence-electron chi connectivity index (χ4n) is 2.36. The molecule has 5 nitrogen and oxygen atoms in total. The van der Waals surface area contributed by atoms with E-state index in [0.717, 1.165) is 32.3 Å². The predicted molar refractivity (Wildman–Crippen MR) is 77.6 cm³/mol. The maximum atomic E-state index is 4.13. The first-order chi connectivity index (χ1) is 9.36. The van der Waals surface area contributed by atoms with Crippen molar-refractivity contribution in [1.82, 2.24) is 21.0 Å². The predicted octanol–water partition coefficient (Wildman–Crippen LogP) is -0.0947. The minimum Gasteiger partial charge on any atom is -0.308 e. The molecule has 1 aliphatic rings. The fourth-order valence-corrected chi connectivity index (χ4v) is 2.36. The smallest absolute Gasteiger partial charge is 0.0581 e. The van der Waals surface area contributed by atoms with Crippen molar-refractivity contribution in [3.63, 3.8) is 0 Å². The van der Waals surface area contributed by atoms with Crippen molar-refractivity contribution in [3.05, 3.63) is 40.5 Å². The molecule has 3 rings (SSSR count). The van der Waals surface area contributed by atoms with Crippen LogP contribution in [0, 0.1) is 0 Å². The maximum absolute atomic E-state index is 4.13. The summed E-state index contributed by atoms with van der Waals surface area (Å²) in [6, 6.07) is 0. The van der Waals surface area contributed by atoms with Crippen LogP contribution in [0.3, 0.4) is 0 Å². The van der Waals surface area contributed by atoms with Crippen molar-refractivity contribution < 1.29 is 0 Å². The SMILES string of the molecule is C=Cc1c(/C=N\C)c2cnncc2c2c1=CNNC=2. The summed E-state index contributed by atoms with van der Waals surface area (Å²) < 4.78 is 0. The van der Waals surface area contributed by atoms with Gasteiger partial charge in [-0.15, -0.1) is 0 Å². The highest BCUT2D eigenvalue weighted by Crippen LogP contribution is 2.15. The van der Waals surface area contributed by atoms with Gasteiger partial charge in [-0.1, -0.05) is 12.7 Å². The van der Waals surface area contributed by atoms with Gasteiger partial charge in [0.25, 0.3) is 0 Å². The van der Waals surface area contributed by atoms with Gasteiger partial charge in [0.05, 0.1) is 12.4 Å². The van der Waals surface area contributed by atoms with Crippen molar-refractivity contribution in [2.75, 3.05) is 7.05 Å². The van der Waals surface area contributed by atoms with Crippen LogP contribution in [0.4, 0.5) is 0 Å². The van der Waals surface area contributed by atoms with E-state index in [1.807, 2.05) is 24.7 Å². The van der Waals surface area contributed by atoms with Gasteiger partial charge < -0.3 is 10.9 Å². The van der Waals surface area contributed by atoms with Gasteiger partial charge >= 0.3 is 0 Å². The molecule has 0 unspecified atom stereocenters. The average molecular weight is 251 g/mol. The molecule has 0 saturated heterocycles. The third kappa shape index (κ3) is 1.67. The minimum atomic E-state index is 1.01. The normalized spacial score (nSPS) is 13.1. The Bertz CT molecular complexity index is 805. The molecule has 2 aromatic rings. The van der Waals surface area contributed by atoms with Crippen molar-refractivity contribution in [1.29, 1.82) is 0 Å². The molecule has 0 fully saturated rings. The highest BCUT2D eigenvalue weighted by atomic mass is 15.3. The molecular weight excluding hydrogens is 238 g/mol. The molecule has 0 aliphatic carbocycles. The second-order valence-corrected chi connectivity index (χ2v) is 4.14. The number of hydrogen-bond donors (Lipinski definition) is 2. The van der Waals surface area contributed by atoms with Crippen LogP contribution in [0.1, 0.15) is 11.1 Å². The average Bonchev–Trinajstić information content (AvgIpc) is 2.48. The topological polar surface area (TPSA) is 62.2 Å². The number of benzene rings is 1. The van der Waals surface area contributed by atoms with E-state index in [1.54, 1.807) is 19.4 Å². The molecule has 0 amide bonds. The van der Waals surface area contributed by atoms with Crippen molar-refractivity contribution in [2.24, 2.45) is 4.99 Å². The Kier molecular flexibility index (Phi) is 2.72. The first-order valence-corrected chi connectivity index (χ1v) is 5.89. The van der Waals surface area contributed by atoms with E-state index in [4.69, 9.17) is 0 Å². The van der Waals surface area contributed by atoms with Crippen LogP contribution < -0.4 is 21.3 Å². The molecule has 19 heavy (non-hydrogen) atoms. The second kappa shape index (κ2) is 4.53. The lowest BCUT2D eigenvalue weighted by molar-refractivity contribution is 0.844. The lowest BCUT2D eigenvalue weighted by Gasteiger charge is -2.13. The van der Waals surface area contributed by atoms with Gasteiger partial charge in [-0.05, 0) is 5.56 Å². The number of aromatic nitrogens is 2. The van der Waals surface area contributed by atoms with E-state index in [9.17, 15) is 0 Å². The molecule has 2 N–H and O–H groups in total. The highest BCUT2D eigenvalue weighted by molar-refractivity contribution is 6.03. The van der Waals surface area contributed by atoms with Gasteiger partial charge in [-0.2, -0.15) is 10.2 Å². The van der Waals surface area contributed by atoms with Gasteiger partial charge in [0, 0.05) is 52.4 Å². The minimum absolute atomic E-state index is 1.01. The van der Waals surface area contributed by atoms with Gasteiger partial charge in [-0.25, -0.2) is 0 Å². The van der Waals surface area contributed by atoms with Crippen LogP contribution in [-0.4, -0.2) is 23.5 Å². The monoisotopic (exact) mass is 251 g/mol. The lowest BCUT2D eigenvalue weighted by atomic mass is 9.97. The molecule has 0 saturated carbocycles. The van der Waals surface area contributed by atoms with Gasteiger partial charge in [0.15, 0.2) is 0 Å². The highest BCUT2D eigenvalue weighted by Gasteiger charge is 2.10. The summed E-state index contributed by atoms with van der Waals surface area (Å²) in [5.41, 5.74) is 8.02. The molecule has 0 spiro atoms. The summed E-state index contributed by atoms with van der Waals surface area (Å²) in [5.74, 6) is 0. The number of hydrazine groups is 1. The van der Waals surface area contributed by atoms with Crippen molar-refractivity contribution in [2.45, 2.75) is 0 Å². The summed E-state index contributed by atoms with van der Waals surface area (Å²) in [6.07, 6.45) is 11.0. The molecule has 94 valence electrons. The van der Waals surface area contributed by atoms with Gasteiger partial charge in [-0.3, -0.25) is 4.99 Å². The summed E-state index contributed by atoms with van der Waals surface area (Å²) in [4.78, 5) is 4.13. The van der Waals surface area contributed by atoms with Gasteiger partial charge in [0.1, 0.15) is 0 Å². The summed E-state index contributed by atoms with van der Waals surface area (Å²) in [7, 11) is 1.75. The van der Waals surface area contributed by atoms with Crippen molar-refractivity contribution >= 4 is 35.5 Å². The third-order valence-corrected chi connectivity index (χ3v) is 3.16. The number of hydrogen-bond acceptors (Lipinski definition) is 5. The Morgan fingerprint density at radius 2 is 1.74 bits per heavy atom. The van der Waals surface area contributed by atoms with Crippen LogP contribution in [-0.2, 0) is 0 Å². The van der Waals surface area contributed by atoms with E-state index < -0.39 is 0 Å². The molecule has 1 aromatic heterocycles. The van der Waals surface area contributed by atoms with Crippen molar-refractivity contribution in [3.8, 4) is 0 Å². The third-order valence-electron chi connectivity index (χ3n) is 3.16. The molecule has 0 atom stereocenters. The molecule has 5 heteroatoms. The van der Waals surface area contributed by atoms with Crippen LogP contribution in [0.2, 0.25) is 0 Å². The van der Waals surface area contributed by atoms with Crippen LogP contribution in [0.5, 0.6) is 0 Å². The number of rotatable bonds is 2. The Balaban J connectivity index is 2.64. The van der Waals surface area contributed by atoms with Crippen LogP contribution in [0.25, 0.3) is 29.2 Å². The quantitative estimate of drug-likeness (QED) is 0.732. The maximum Gasteiger partial charge on any atom is 0.0581 e. The molecule has 2 heterocycles. The molecule has 1 aliphatic heterocycles. The van der Waals surface area contributed by atoms with Crippen LogP contribution in [0.15, 0.2) is 24.0 Å². The van der Waals surface area contributed by atoms with E-state index in [1.165, 1.54) is 0 Å².